The summed E-state index contributed by atoms with van der Waals surface area (Å²) in [4.78, 5) is 26.3. The molecule has 1 rings (SSSR count). The number of amides is 1. The fourth-order valence-corrected chi connectivity index (χ4v) is 2.22. The van der Waals surface area contributed by atoms with E-state index < -0.39 is 5.97 Å². The highest BCUT2D eigenvalue weighted by Crippen LogP contribution is 2.09. The highest BCUT2D eigenvalue weighted by molar-refractivity contribution is 7.09. The van der Waals surface area contributed by atoms with Crippen molar-refractivity contribution < 1.29 is 14.7 Å². The van der Waals surface area contributed by atoms with Gasteiger partial charge in [0.25, 0.3) is 0 Å². The molecule has 0 radical (unpaired) electrons. The van der Waals surface area contributed by atoms with Crippen molar-refractivity contribution in [2.75, 3.05) is 19.6 Å². The van der Waals surface area contributed by atoms with Gasteiger partial charge in [-0.3, -0.25) is 4.79 Å². The lowest BCUT2D eigenvalue weighted by Gasteiger charge is -2.11. The molecule has 1 unspecified atom stereocenters. The van der Waals surface area contributed by atoms with Gasteiger partial charge in [-0.15, -0.1) is 11.3 Å². The maximum atomic E-state index is 11.7. The maximum Gasteiger partial charge on any atom is 0.355 e. The van der Waals surface area contributed by atoms with Gasteiger partial charge in [0.15, 0.2) is 5.69 Å². The van der Waals surface area contributed by atoms with E-state index in [0.717, 1.165) is 11.6 Å². The third-order valence-electron chi connectivity index (χ3n) is 2.56. The van der Waals surface area contributed by atoms with Crippen LogP contribution in [-0.2, 0) is 11.2 Å². The lowest BCUT2D eigenvalue weighted by Crippen LogP contribution is -2.36. The van der Waals surface area contributed by atoms with Crippen molar-refractivity contribution in [3.05, 3.63) is 16.1 Å². The fourth-order valence-electron chi connectivity index (χ4n) is 1.44. The molecule has 0 aliphatic carbocycles. The van der Waals surface area contributed by atoms with Crippen molar-refractivity contribution in [1.82, 2.24) is 15.6 Å². The standard InChI is InChI=1S/C12H19N3O3S/c1-3-13-6-8(2)11(16)14-5-4-10-15-9(7-19-10)12(17)18/h7-8,13H,3-6H2,1-2H3,(H,14,16)(H,17,18). The molecule has 0 spiro atoms. The molecule has 7 heteroatoms. The molecule has 1 amide bonds. The molecular weight excluding hydrogens is 266 g/mol. The topological polar surface area (TPSA) is 91.3 Å². The number of carboxylic acids is 1. The summed E-state index contributed by atoms with van der Waals surface area (Å²) in [7, 11) is 0. The highest BCUT2D eigenvalue weighted by Gasteiger charge is 2.12. The van der Waals surface area contributed by atoms with Crippen molar-refractivity contribution >= 4 is 23.2 Å². The Balaban J connectivity index is 2.29. The van der Waals surface area contributed by atoms with E-state index in [9.17, 15) is 9.59 Å². The molecule has 1 heterocycles. The average molecular weight is 285 g/mol. The van der Waals surface area contributed by atoms with Gasteiger partial charge in [0.1, 0.15) is 0 Å². The van der Waals surface area contributed by atoms with Crippen LogP contribution in [0.5, 0.6) is 0 Å². The molecule has 0 aliphatic heterocycles. The highest BCUT2D eigenvalue weighted by atomic mass is 32.1. The Kier molecular flexibility index (Phi) is 6.44. The number of thiazole rings is 1. The van der Waals surface area contributed by atoms with Crippen LogP contribution in [0.15, 0.2) is 5.38 Å². The van der Waals surface area contributed by atoms with Gasteiger partial charge < -0.3 is 15.7 Å². The van der Waals surface area contributed by atoms with E-state index in [1.807, 2.05) is 13.8 Å². The van der Waals surface area contributed by atoms with Gasteiger partial charge >= 0.3 is 5.97 Å². The van der Waals surface area contributed by atoms with Crippen LogP contribution in [0.2, 0.25) is 0 Å². The van der Waals surface area contributed by atoms with Crippen LogP contribution in [0, 0.1) is 5.92 Å². The number of nitrogens with one attached hydrogen (secondary N) is 2. The van der Waals surface area contributed by atoms with Crippen LogP contribution in [0.4, 0.5) is 0 Å². The number of nitrogens with zero attached hydrogens (tertiary/aromatic N) is 1. The summed E-state index contributed by atoms with van der Waals surface area (Å²) in [6.07, 6.45) is 0.553. The lowest BCUT2D eigenvalue weighted by atomic mass is 10.1. The minimum atomic E-state index is -1.02. The first kappa shape index (κ1) is 15.6. The minimum Gasteiger partial charge on any atom is -0.476 e. The molecule has 0 aliphatic rings. The van der Waals surface area contributed by atoms with Crippen LogP contribution in [0.1, 0.15) is 29.3 Å². The van der Waals surface area contributed by atoms with Gasteiger partial charge in [0, 0.05) is 30.8 Å². The van der Waals surface area contributed by atoms with Gasteiger partial charge in [0.2, 0.25) is 5.91 Å². The molecular formula is C12H19N3O3S. The van der Waals surface area contributed by atoms with Crippen LogP contribution < -0.4 is 10.6 Å². The molecule has 1 aromatic heterocycles. The Hall–Kier alpha value is -1.47. The second kappa shape index (κ2) is 7.85. The Labute approximate surface area is 116 Å². The monoisotopic (exact) mass is 285 g/mol. The predicted octanol–water partition coefficient (Wildman–Crippen LogP) is 0.746. The molecule has 0 aromatic carbocycles. The lowest BCUT2D eigenvalue weighted by molar-refractivity contribution is -0.124. The largest absolute Gasteiger partial charge is 0.476 e. The van der Waals surface area contributed by atoms with Crippen molar-refractivity contribution in [3.8, 4) is 0 Å². The SMILES string of the molecule is CCNCC(C)C(=O)NCCc1nc(C(=O)O)cs1. The van der Waals surface area contributed by atoms with Crippen LogP contribution >= 0.6 is 11.3 Å². The summed E-state index contributed by atoms with van der Waals surface area (Å²) in [5, 5.41) is 16.9. The second-order valence-electron chi connectivity index (χ2n) is 4.18. The molecule has 0 saturated heterocycles. The first-order chi connectivity index (χ1) is 9.04. The first-order valence-corrected chi connectivity index (χ1v) is 7.08. The minimum absolute atomic E-state index is 0.00374. The van der Waals surface area contributed by atoms with Gasteiger partial charge in [-0.2, -0.15) is 0 Å². The Morgan fingerprint density at radius 1 is 1.53 bits per heavy atom. The zero-order chi connectivity index (χ0) is 14.3. The normalized spacial score (nSPS) is 12.1. The average Bonchev–Trinajstić information content (AvgIpc) is 2.84. The molecule has 6 nitrogen and oxygen atoms in total. The first-order valence-electron chi connectivity index (χ1n) is 6.20. The van der Waals surface area contributed by atoms with Crippen LogP contribution in [-0.4, -0.2) is 41.6 Å². The number of aromatic nitrogens is 1. The Bertz CT molecular complexity index is 434. The number of carboxylic acid groups (broad SMARTS) is 1. The predicted molar refractivity (Wildman–Crippen MR) is 73.5 cm³/mol. The summed E-state index contributed by atoms with van der Waals surface area (Å²) in [5.74, 6) is -1.10. The third kappa shape index (κ3) is 5.35. The van der Waals surface area contributed by atoms with E-state index in [0.29, 0.717) is 19.5 Å². The van der Waals surface area contributed by atoms with E-state index in [2.05, 4.69) is 15.6 Å². The molecule has 106 valence electrons. The number of carbonyl (C=O) groups excluding carboxylic acids is 1. The molecule has 1 atom stereocenters. The molecule has 19 heavy (non-hydrogen) atoms. The molecule has 1 aromatic rings. The maximum absolute atomic E-state index is 11.7. The smallest absolute Gasteiger partial charge is 0.355 e. The molecule has 3 N–H and O–H groups in total. The van der Waals surface area contributed by atoms with Crippen molar-refractivity contribution in [2.24, 2.45) is 5.92 Å². The van der Waals surface area contributed by atoms with Crippen molar-refractivity contribution in [3.63, 3.8) is 0 Å². The zero-order valence-corrected chi connectivity index (χ0v) is 11.9. The van der Waals surface area contributed by atoms with Gasteiger partial charge in [-0.05, 0) is 6.54 Å². The number of hydrogen-bond acceptors (Lipinski definition) is 5. The summed E-state index contributed by atoms with van der Waals surface area (Å²) in [6.45, 7) is 5.83. The fraction of sp³-hybridized carbons (Fsp3) is 0.583. The molecule has 0 fully saturated rings. The number of hydrogen-bond donors (Lipinski definition) is 3. The van der Waals surface area contributed by atoms with Gasteiger partial charge in [0.05, 0.1) is 5.01 Å². The Morgan fingerprint density at radius 2 is 2.26 bits per heavy atom. The van der Waals surface area contributed by atoms with Crippen molar-refractivity contribution in [2.45, 2.75) is 20.3 Å². The van der Waals surface area contributed by atoms with E-state index in [1.165, 1.54) is 16.7 Å². The van der Waals surface area contributed by atoms with E-state index in [1.54, 1.807) is 0 Å². The zero-order valence-electron chi connectivity index (χ0n) is 11.1. The van der Waals surface area contributed by atoms with Crippen molar-refractivity contribution in [1.29, 1.82) is 0 Å². The van der Waals surface area contributed by atoms with E-state index in [-0.39, 0.29) is 17.5 Å². The van der Waals surface area contributed by atoms with Gasteiger partial charge in [-0.1, -0.05) is 13.8 Å². The molecule has 0 saturated carbocycles. The number of aromatic carboxylic acids is 1. The van der Waals surface area contributed by atoms with E-state index >= 15 is 0 Å². The number of carbonyl (C=O) groups is 2. The van der Waals surface area contributed by atoms with Crippen LogP contribution in [0.3, 0.4) is 0 Å². The number of rotatable bonds is 8. The quantitative estimate of drug-likeness (QED) is 0.655. The summed E-state index contributed by atoms with van der Waals surface area (Å²) in [6, 6.07) is 0. The summed E-state index contributed by atoms with van der Waals surface area (Å²) >= 11 is 1.30. The molecule has 0 bridgehead atoms. The Morgan fingerprint density at radius 3 is 2.84 bits per heavy atom. The van der Waals surface area contributed by atoms with Gasteiger partial charge in [-0.25, -0.2) is 9.78 Å². The summed E-state index contributed by atoms with van der Waals surface area (Å²) < 4.78 is 0. The second-order valence-corrected chi connectivity index (χ2v) is 5.12. The van der Waals surface area contributed by atoms with Crippen LogP contribution in [0.25, 0.3) is 0 Å². The summed E-state index contributed by atoms with van der Waals surface area (Å²) in [5.41, 5.74) is 0.0619. The third-order valence-corrected chi connectivity index (χ3v) is 3.47. The van der Waals surface area contributed by atoms with E-state index in [4.69, 9.17) is 5.11 Å².